The molecule has 1 amide bonds. The van der Waals surface area contributed by atoms with Crippen molar-refractivity contribution >= 4 is 45.6 Å². The number of thiophene rings is 1. The van der Waals surface area contributed by atoms with Gasteiger partial charge in [-0.3, -0.25) is 9.69 Å². The van der Waals surface area contributed by atoms with E-state index in [1.807, 2.05) is 13.8 Å². The summed E-state index contributed by atoms with van der Waals surface area (Å²) in [6.07, 6.45) is 0. The Hall–Kier alpha value is -0.140. The van der Waals surface area contributed by atoms with Crippen molar-refractivity contribution in [3.05, 3.63) is 20.8 Å². The minimum Gasteiger partial charge on any atom is -0.355 e. The van der Waals surface area contributed by atoms with Gasteiger partial charge in [0, 0.05) is 43.5 Å². The molecule has 0 saturated heterocycles. The number of amides is 1. The Morgan fingerprint density at radius 2 is 2.15 bits per heavy atom. The van der Waals surface area contributed by atoms with Crippen LogP contribution in [0, 0.1) is 0 Å². The van der Waals surface area contributed by atoms with Crippen LogP contribution in [0.15, 0.2) is 15.9 Å². The first-order chi connectivity index (χ1) is 8.76. The number of hydrogen-bond donors (Lipinski definition) is 2. The van der Waals surface area contributed by atoms with E-state index >= 15 is 0 Å². The van der Waals surface area contributed by atoms with Gasteiger partial charge < -0.3 is 11.1 Å². The van der Waals surface area contributed by atoms with Crippen molar-refractivity contribution in [1.82, 2.24) is 10.2 Å². The van der Waals surface area contributed by atoms with Gasteiger partial charge in [-0.25, -0.2) is 0 Å². The predicted molar refractivity (Wildman–Crippen MR) is 91.5 cm³/mol. The van der Waals surface area contributed by atoms with Crippen molar-refractivity contribution in [2.24, 2.45) is 5.73 Å². The first-order valence-corrected chi connectivity index (χ1v) is 7.87. The molecule has 0 unspecified atom stereocenters. The minimum absolute atomic E-state index is 0. The molecule has 1 rings (SSSR count). The fourth-order valence-electron chi connectivity index (χ4n) is 1.84. The molecule has 1 aromatic heterocycles. The number of nitrogens with zero attached hydrogens (tertiary/aromatic N) is 1. The summed E-state index contributed by atoms with van der Waals surface area (Å²) in [4.78, 5) is 14.5. The second kappa shape index (κ2) is 9.00. The molecule has 0 radical (unpaired) electrons. The zero-order chi connectivity index (χ0) is 14.5. The maximum atomic E-state index is 10.9. The predicted octanol–water partition coefficient (Wildman–Crippen LogP) is 2.61. The van der Waals surface area contributed by atoms with Gasteiger partial charge in [0.15, 0.2) is 0 Å². The fraction of sp³-hybridized carbons (Fsp3) is 0.615. The van der Waals surface area contributed by atoms with Crippen LogP contribution in [0.3, 0.4) is 0 Å². The highest BCUT2D eigenvalue weighted by Gasteiger charge is 2.17. The SMILES string of the molecule is CC(=O)NCCN(Cc1ccc(Br)s1)CC(C)(C)N.Cl. The van der Waals surface area contributed by atoms with Crippen molar-refractivity contribution in [2.75, 3.05) is 19.6 Å². The highest BCUT2D eigenvalue weighted by atomic mass is 79.9. The number of carbonyl (C=O) groups excluding carboxylic acids is 1. The van der Waals surface area contributed by atoms with Crippen molar-refractivity contribution in [1.29, 1.82) is 0 Å². The molecule has 3 N–H and O–H groups in total. The van der Waals surface area contributed by atoms with Crippen LogP contribution in [0.1, 0.15) is 25.6 Å². The van der Waals surface area contributed by atoms with E-state index < -0.39 is 0 Å². The molecule has 7 heteroatoms. The van der Waals surface area contributed by atoms with Crippen LogP contribution in [0.5, 0.6) is 0 Å². The lowest BCUT2D eigenvalue weighted by Gasteiger charge is -2.29. The van der Waals surface area contributed by atoms with Crippen LogP contribution >= 0.6 is 39.7 Å². The molecule has 0 aliphatic rings. The molecular weight excluding hydrogens is 362 g/mol. The van der Waals surface area contributed by atoms with E-state index in [4.69, 9.17) is 5.73 Å². The quantitative estimate of drug-likeness (QED) is 0.759. The summed E-state index contributed by atoms with van der Waals surface area (Å²) >= 11 is 5.20. The number of rotatable bonds is 7. The molecule has 0 aliphatic heterocycles. The summed E-state index contributed by atoms with van der Waals surface area (Å²) in [5, 5.41) is 2.83. The van der Waals surface area contributed by atoms with Crippen LogP contribution in [0.2, 0.25) is 0 Å². The molecule has 4 nitrogen and oxygen atoms in total. The molecule has 0 bridgehead atoms. The van der Waals surface area contributed by atoms with E-state index in [0.717, 1.165) is 23.4 Å². The maximum absolute atomic E-state index is 10.9. The molecule has 0 atom stereocenters. The van der Waals surface area contributed by atoms with Gasteiger partial charge in [0.25, 0.3) is 0 Å². The van der Waals surface area contributed by atoms with E-state index in [1.54, 1.807) is 11.3 Å². The molecule has 1 aromatic rings. The molecular formula is C13H23BrClN3OS. The molecule has 0 aliphatic carbocycles. The van der Waals surface area contributed by atoms with Crippen molar-refractivity contribution in [3.8, 4) is 0 Å². The second-order valence-corrected chi connectivity index (χ2v) is 7.94. The van der Waals surface area contributed by atoms with Gasteiger partial charge >= 0.3 is 0 Å². The Labute approximate surface area is 139 Å². The molecule has 20 heavy (non-hydrogen) atoms. The van der Waals surface area contributed by atoms with Crippen LogP contribution in [-0.2, 0) is 11.3 Å². The molecule has 0 aromatic carbocycles. The van der Waals surface area contributed by atoms with Crippen LogP contribution < -0.4 is 11.1 Å². The number of nitrogens with two attached hydrogens (primary N) is 1. The average Bonchev–Trinajstić information content (AvgIpc) is 2.60. The maximum Gasteiger partial charge on any atom is 0.216 e. The third-order valence-corrected chi connectivity index (χ3v) is 4.05. The first kappa shape index (κ1) is 19.9. The van der Waals surface area contributed by atoms with E-state index in [0.29, 0.717) is 6.54 Å². The van der Waals surface area contributed by atoms with Gasteiger partial charge in [-0.2, -0.15) is 0 Å². The third-order valence-electron chi connectivity index (χ3n) is 2.44. The lowest BCUT2D eigenvalue weighted by Crippen LogP contribution is -2.46. The average molecular weight is 385 g/mol. The normalized spacial score (nSPS) is 11.3. The standard InChI is InChI=1S/C13H22BrN3OS.ClH/c1-10(18)16-6-7-17(9-13(2,3)15)8-11-4-5-12(14)19-11;/h4-5H,6-9,15H2,1-3H3,(H,16,18);1H. The van der Waals surface area contributed by atoms with Crippen LogP contribution in [-0.4, -0.2) is 36.0 Å². The first-order valence-electron chi connectivity index (χ1n) is 6.26. The summed E-state index contributed by atoms with van der Waals surface area (Å²) < 4.78 is 1.14. The number of carbonyl (C=O) groups is 1. The van der Waals surface area contributed by atoms with Crippen LogP contribution in [0.4, 0.5) is 0 Å². The van der Waals surface area contributed by atoms with Gasteiger partial charge in [-0.1, -0.05) is 0 Å². The van der Waals surface area contributed by atoms with Crippen molar-refractivity contribution in [3.63, 3.8) is 0 Å². The Morgan fingerprint density at radius 1 is 1.50 bits per heavy atom. The van der Waals surface area contributed by atoms with Crippen molar-refractivity contribution < 1.29 is 4.79 Å². The summed E-state index contributed by atoms with van der Waals surface area (Å²) in [5.74, 6) is 0.00540. The van der Waals surface area contributed by atoms with Gasteiger partial charge in [0.05, 0.1) is 3.79 Å². The Morgan fingerprint density at radius 3 is 2.60 bits per heavy atom. The lowest BCUT2D eigenvalue weighted by atomic mass is 10.1. The van der Waals surface area contributed by atoms with E-state index in [2.05, 4.69) is 38.3 Å². The Kier molecular flexibility index (Phi) is 8.93. The van der Waals surface area contributed by atoms with Gasteiger partial charge in [-0.05, 0) is 41.9 Å². The number of nitrogens with one attached hydrogen (secondary N) is 1. The fourth-order valence-corrected chi connectivity index (χ4v) is 3.36. The van der Waals surface area contributed by atoms with Crippen LogP contribution in [0.25, 0.3) is 0 Å². The van der Waals surface area contributed by atoms with Crippen molar-refractivity contribution in [2.45, 2.75) is 32.9 Å². The van der Waals surface area contributed by atoms with Gasteiger partial charge in [0.1, 0.15) is 0 Å². The Balaban J connectivity index is 0.00000361. The number of halogens is 2. The molecule has 0 saturated carbocycles. The lowest BCUT2D eigenvalue weighted by molar-refractivity contribution is -0.119. The minimum atomic E-state index is -0.245. The topological polar surface area (TPSA) is 58.4 Å². The molecule has 1 heterocycles. The highest BCUT2D eigenvalue weighted by molar-refractivity contribution is 9.11. The highest BCUT2D eigenvalue weighted by Crippen LogP contribution is 2.23. The van der Waals surface area contributed by atoms with E-state index in [9.17, 15) is 4.79 Å². The summed E-state index contributed by atoms with van der Waals surface area (Å²) in [5.41, 5.74) is 5.85. The zero-order valence-corrected chi connectivity index (χ0v) is 15.3. The monoisotopic (exact) mass is 383 g/mol. The smallest absolute Gasteiger partial charge is 0.216 e. The number of hydrogen-bond acceptors (Lipinski definition) is 4. The molecule has 116 valence electrons. The van der Waals surface area contributed by atoms with E-state index in [1.165, 1.54) is 11.8 Å². The largest absolute Gasteiger partial charge is 0.355 e. The summed E-state index contributed by atoms with van der Waals surface area (Å²) in [6.45, 7) is 8.67. The van der Waals surface area contributed by atoms with Gasteiger partial charge in [0.2, 0.25) is 5.91 Å². The third kappa shape index (κ3) is 8.92. The summed E-state index contributed by atoms with van der Waals surface area (Å²) in [7, 11) is 0. The summed E-state index contributed by atoms with van der Waals surface area (Å²) in [6, 6.07) is 4.17. The molecule has 0 fully saturated rings. The second-order valence-electron chi connectivity index (χ2n) is 5.39. The Bertz CT molecular complexity index is 420. The van der Waals surface area contributed by atoms with Gasteiger partial charge in [-0.15, -0.1) is 23.7 Å². The van der Waals surface area contributed by atoms with E-state index in [-0.39, 0.29) is 23.9 Å². The molecule has 0 spiro atoms. The zero-order valence-electron chi connectivity index (χ0n) is 12.1.